The van der Waals surface area contributed by atoms with Gasteiger partial charge < -0.3 is 14.6 Å². The Morgan fingerprint density at radius 1 is 1.36 bits per heavy atom. The summed E-state index contributed by atoms with van der Waals surface area (Å²) in [5.41, 5.74) is -0.342. The van der Waals surface area contributed by atoms with E-state index in [9.17, 15) is 19.5 Å². The smallest absolute Gasteiger partial charge is 0.338 e. The number of nitrogens with one attached hydrogen (secondary N) is 1. The van der Waals surface area contributed by atoms with Crippen LogP contribution in [0.3, 0.4) is 0 Å². The van der Waals surface area contributed by atoms with E-state index < -0.39 is 35.7 Å². The zero-order valence-electron chi connectivity index (χ0n) is 13.5. The van der Waals surface area contributed by atoms with Crippen LogP contribution in [-0.4, -0.2) is 39.4 Å². The zero-order valence-corrected chi connectivity index (χ0v) is 13.5. The molecule has 1 aromatic heterocycles. The molecule has 8 heteroatoms. The van der Waals surface area contributed by atoms with Crippen molar-refractivity contribution in [3.63, 3.8) is 0 Å². The number of benzene rings is 1. The van der Waals surface area contributed by atoms with Crippen LogP contribution in [0.5, 0.6) is 0 Å². The summed E-state index contributed by atoms with van der Waals surface area (Å²) < 4.78 is 12.3. The van der Waals surface area contributed by atoms with Crippen LogP contribution in [0, 0.1) is 6.92 Å². The Kier molecular flexibility index (Phi) is 4.82. The number of aromatic amines is 1. The minimum Gasteiger partial charge on any atom is -0.456 e. The topological polar surface area (TPSA) is 111 Å². The molecule has 3 atom stereocenters. The SMILES string of the molecule is Cc1cn([C@H]2C[C@H](OC(=O)c3ccccc3)[C@@H](CO)O2)c(=O)[nH]c1=O. The molecule has 2 N–H and O–H groups in total. The van der Waals surface area contributed by atoms with Gasteiger partial charge in [-0.1, -0.05) is 18.2 Å². The molecule has 0 spiro atoms. The maximum atomic E-state index is 12.2. The van der Waals surface area contributed by atoms with Gasteiger partial charge in [0.05, 0.1) is 12.2 Å². The number of aliphatic hydroxyl groups excluding tert-OH is 1. The Balaban J connectivity index is 1.79. The summed E-state index contributed by atoms with van der Waals surface area (Å²) in [5, 5.41) is 9.49. The molecule has 1 aliphatic heterocycles. The second-order valence-electron chi connectivity index (χ2n) is 5.84. The molecule has 1 fully saturated rings. The van der Waals surface area contributed by atoms with Crippen molar-refractivity contribution in [1.29, 1.82) is 0 Å². The summed E-state index contributed by atoms with van der Waals surface area (Å²) in [5.74, 6) is -0.529. The number of H-pyrrole nitrogens is 1. The lowest BCUT2D eigenvalue weighted by Gasteiger charge is -2.16. The molecular weight excluding hydrogens is 328 g/mol. The number of carbonyl (C=O) groups excluding carboxylic acids is 1. The number of rotatable bonds is 4. The summed E-state index contributed by atoms with van der Waals surface area (Å²) in [6.07, 6.45) is -0.621. The average molecular weight is 346 g/mol. The van der Waals surface area contributed by atoms with Crippen molar-refractivity contribution >= 4 is 5.97 Å². The molecule has 1 aromatic carbocycles. The molecule has 0 bridgehead atoms. The third kappa shape index (κ3) is 3.54. The number of aliphatic hydroxyl groups is 1. The van der Waals surface area contributed by atoms with Crippen LogP contribution >= 0.6 is 0 Å². The van der Waals surface area contributed by atoms with Crippen molar-refractivity contribution in [1.82, 2.24) is 9.55 Å². The van der Waals surface area contributed by atoms with Crippen LogP contribution in [0.2, 0.25) is 0 Å². The number of carbonyl (C=O) groups is 1. The summed E-state index contributed by atoms with van der Waals surface area (Å²) >= 11 is 0. The molecule has 0 radical (unpaired) electrons. The molecular formula is C17H18N2O6. The van der Waals surface area contributed by atoms with Crippen LogP contribution in [0.25, 0.3) is 0 Å². The first kappa shape index (κ1) is 17.1. The highest BCUT2D eigenvalue weighted by Crippen LogP contribution is 2.30. The highest BCUT2D eigenvalue weighted by Gasteiger charge is 2.39. The third-order valence-corrected chi connectivity index (χ3v) is 4.08. The predicted octanol–water partition coefficient (Wildman–Crippen LogP) is 0.350. The Bertz CT molecular complexity index is 873. The van der Waals surface area contributed by atoms with Gasteiger partial charge in [0.1, 0.15) is 18.4 Å². The van der Waals surface area contributed by atoms with Gasteiger partial charge in [-0.15, -0.1) is 0 Å². The summed E-state index contributed by atoms with van der Waals surface area (Å²) in [4.78, 5) is 37.9. The van der Waals surface area contributed by atoms with Gasteiger partial charge in [0.25, 0.3) is 5.56 Å². The van der Waals surface area contributed by atoms with Crippen LogP contribution in [-0.2, 0) is 9.47 Å². The van der Waals surface area contributed by atoms with Gasteiger partial charge >= 0.3 is 11.7 Å². The van der Waals surface area contributed by atoms with E-state index >= 15 is 0 Å². The lowest BCUT2D eigenvalue weighted by atomic mass is 10.1. The molecule has 0 aliphatic carbocycles. The molecule has 1 saturated heterocycles. The molecule has 2 aromatic rings. The summed E-state index contributed by atoms with van der Waals surface area (Å²) in [6, 6.07) is 8.47. The first-order valence-corrected chi connectivity index (χ1v) is 7.84. The van der Waals surface area contributed by atoms with Crippen molar-refractivity contribution in [3.8, 4) is 0 Å². The maximum absolute atomic E-state index is 12.2. The largest absolute Gasteiger partial charge is 0.456 e. The van der Waals surface area contributed by atoms with Crippen LogP contribution in [0.1, 0.15) is 28.6 Å². The summed E-state index contributed by atoms with van der Waals surface area (Å²) in [6.45, 7) is 1.21. The lowest BCUT2D eigenvalue weighted by molar-refractivity contribution is -0.0522. The Morgan fingerprint density at radius 3 is 2.76 bits per heavy atom. The van der Waals surface area contributed by atoms with E-state index in [2.05, 4.69) is 4.98 Å². The first-order valence-electron chi connectivity index (χ1n) is 7.84. The highest BCUT2D eigenvalue weighted by molar-refractivity contribution is 5.89. The predicted molar refractivity (Wildman–Crippen MR) is 87.3 cm³/mol. The zero-order chi connectivity index (χ0) is 18.0. The molecule has 0 unspecified atom stereocenters. The van der Waals surface area contributed by atoms with Crippen molar-refractivity contribution < 1.29 is 19.4 Å². The molecule has 25 heavy (non-hydrogen) atoms. The fraction of sp³-hybridized carbons (Fsp3) is 0.353. The lowest BCUT2D eigenvalue weighted by Crippen LogP contribution is -2.33. The van der Waals surface area contributed by atoms with Gasteiger partial charge in [0.15, 0.2) is 0 Å². The van der Waals surface area contributed by atoms with Crippen molar-refractivity contribution in [2.24, 2.45) is 0 Å². The van der Waals surface area contributed by atoms with Crippen LogP contribution < -0.4 is 11.2 Å². The quantitative estimate of drug-likeness (QED) is 0.773. The fourth-order valence-corrected chi connectivity index (χ4v) is 2.74. The maximum Gasteiger partial charge on any atom is 0.338 e. The van der Waals surface area contributed by atoms with Crippen LogP contribution in [0.15, 0.2) is 46.1 Å². The first-order chi connectivity index (χ1) is 12.0. The molecule has 3 rings (SSSR count). The van der Waals surface area contributed by atoms with Crippen LogP contribution in [0.4, 0.5) is 0 Å². The Hall–Kier alpha value is -2.71. The van der Waals surface area contributed by atoms with E-state index in [4.69, 9.17) is 9.47 Å². The Morgan fingerprint density at radius 2 is 2.08 bits per heavy atom. The molecule has 1 aliphatic rings. The van der Waals surface area contributed by atoms with E-state index in [0.717, 1.165) is 0 Å². The van der Waals surface area contributed by atoms with Gasteiger partial charge in [-0.3, -0.25) is 14.3 Å². The van der Waals surface area contributed by atoms with E-state index in [-0.39, 0.29) is 13.0 Å². The van der Waals surface area contributed by atoms with E-state index in [0.29, 0.717) is 11.1 Å². The van der Waals surface area contributed by atoms with Gasteiger partial charge in [-0.25, -0.2) is 9.59 Å². The van der Waals surface area contributed by atoms with Gasteiger partial charge in [0, 0.05) is 18.2 Å². The van der Waals surface area contributed by atoms with E-state index in [1.807, 2.05) is 0 Å². The average Bonchev–Trinajstić information content (AvgIpc) is 3.01. The molecule has 0 amide bonds. The monoisotopic (exact) mass is 346 g/mol. The number of nitrogens with zero attached hydrogens (tertiary/aromatic N) is 1. The standard InChI is InChI=1S/C17H18N2O6/c1-10-8-19(17(23)18-15(10)21)14-7-12(13(9-20)24-14)25-16(22)11-5-3-2-4-6-11/h2-6,8,12-14,20H,7,9H2,1H3,(H,18,21,23)/t12-,13+,14+/m0/s1. The molecule has 132 valence electrons. The van der Waals surface area contributed by atoms with E-state index in [1.54, 1.807) is 37.3 Å². The van der Waals surface area contributed by atoms with Gasteiger partial charge in [-0.05, 0) is 19.1 Å². The number of aromatic nitrogens is 2. The number of ether oxygens (including phenoxy) is 2. The second kappa shape index (κ2) is 7.04. The van der Waals surface area contributed by atoms with Crippen molar-refractivity contribution in [2.75, 3.05) is 6.61 Å². The van der Waals surface area contributed by atoms with Crippen molar-refractivity contribution in [3.05, 3.63) is 68.5 Å². The number of esters is 1. The number of hydrogen-bond acceptors (Lipinski definition) is 6. The number of aryl methyl sites for hydroxylation is 1. The van der Waals surface area contributed by atoms with Gasteiger partial charge in [0.2, 0.25) is 0 Å². The molecule has 8 nitrogen and oxygen atoms in total. The Labute approximate surface area is 142 Å². The number of hydrogen-bond donors (Lipinski definition) is 2. The normalized spacial score (nSPS) is 22.7. The minimum absolute atomic E-state index is 0.190. The molecule has 2 heterocycles. The van der Waals surface area contributed by atoms with Gasteiger partial charge in [-0.2, -0.15) is 0 Å². The fourth-order valence-electron chi connectivity index (χ4n) is 2.74. The second-order valence-corrected chi connectivity index (χ2v) is 5.84. The third-order valence-electron chi connectivity index (χ3n) is 4.08. The van der Waals surface area contributed by atoms with Crippen molar-refractivity contribution in [2.45, 2.75) is 31.8 Å². The van der Waals surface area contributed by atoms with E-state index in [1.165, 1.54) is 10.8 Å². The highest BCUT2D eigenvalue weighted by atomic mass is 16.6. The minimum atomic E-state index is -0.753. The molecule has 0 saturated carbocycles. The summed E-state index contributed by atoms with van der Waals surface area (Å²) in [7, 11) is 0.